The van der Waals surface area contributed by atoms with Gasteiger partial charge in [0.25, 0.3) is 0 Å². The lowest BCUT2D eigenvalue weighted by Gasteiger charge is -2.18. The van der Waals surface area contributed by atoms with Gasteiger partial charge in [-0.1, -0.05) is 29.8 Å². The van der Waals surface area contributed by atoms with Crippen LogP contribution in [0.3, 0.4) is 0 Å². The van der Waals surface area contributed by atoms with Crippen LogP contribution in [0.4, 0.5) is 4.39 Å². The summed E-state index contributed by atoms with van der Waals surface area (Å²) in [6, 6.07) is 9.31. The van der Waals surface area contributed by atoms with Gasteiger partial charge in [-0.15, -0.1) is 11.3 Å². The van der Waals surface area contributed by atoms with E-state index in [9.17, 15) is 4.39 Å². The molecule has 0 aliphatic heterocycles. The van der Waals surface area contributed by atoms with Crippen LogP contribution < -0.4 is 5.32 Å². The summed E-state index contributed by atoms with van der Waals surface area (Å²) >= 11 is 5.19. The van der Waals surface area contributed by atoms with Crippen LogP contribution in [0.15, 0.2) is 34.8 Å². The molecule has 0 spiro atoms. The number of benzene rings is 1. The number of halogens is 2. The Kier molecular flexibility index (Phi) is 4.76. The molecule has 2 aromatic rings. The molecule has 2 rings (SSSR count). The van der Waals surface area contributed by atoms with Crippen LogP contribution in [0, 0.1) is 11.7 Å². The molecule has 0 radical (unpaired) electrons. The second-order valence-corrected chi connectivity index (χ2v) is 6.81. The van der Waals surface area contributed by atoms with Crippen molar-refractivity contribution in [2.45, 2.75) is 19.9 Å². The molecule has 0 amide bonds. The molecule has 1 aromatic carbocycles. The highest BCUT2D eigenvalue weighted by Crippen LogP contribution is 2.37. The second-order valence-electron chi connectivity index (χ2n) is 4.84. The predicted octanol–water partition coefficient (Wildman–Crippen LogP) is 5.23. The summed E-state index contributed by atoms with van der Waals surface area (Å²) in [5, 5.41) is 3.33. The average Bonchev–Trinajstić information content (AvgIpc) is 2.82. The first-order chi connectivity index (χ1) is 9.02. The van der Waals surface area contributed by atoms with E-state index in [4.69, 9.17) is 0 Å². The molecule has 19 heavy (non-hydrogen) atoms. The zero-order valence-electron chi connectivity index (χ0n) is 11.2. The van der Waals surface area contributed by atoms with Crippen molar-refractivity contribution in [1.82, 2.24) is 5.32 Å². The number of nitrogens with one attached hydrogen (secondary N) is 1. The Bertz CT molecular complexity index is 565. The minimum atomic E-state index is -0.206. The van der Waals surface area contributed by atoms with Gasteiger partial charge in [0.2, 0.25) is 0 Å². The van der Waals surface area contributed by atoms with Crippen LogP contribution in [-0.4, -0.2) is 7.05 Å². The lowest BCUT2D eigenvalue weighted by molar-refractivity contribution is 0.449. The number of hydrogen-bond acceptors (Lipinski definition) is 2. The fourth-order valence-corrected chi connectivity index (χ4v) is 4.07. The van der Waals surface area contributed by atoms with Crippen LogP contribution in [0.2, 0.25) is 0 Å². The standard InChI is InChI=1S/C15H17BrFNS/c1-9(2)15(18-3)14-7-6-13(19-14)11-8-10(17)4-5-12(11)16/h4-9,15,18H,1-3H3. The average molecular weight is 342 g/mol. The van der Waals surface area contributed by atoms with E-state index in [1.165, 1.54) is 10.9 Å². The molecule has 1 heterocycles. The van der Waals surface area contributed by atoms with Gasteiger partial charge in [-0.2, -0.15) is 0 Å². The molecule has 1 unspecified atom stereocenters. The molecule has 0 aliphatic rings. The zero-order chi connectivity index (χ0) is 14.0. The Labute approximate surface area is 126 Å². The summed E-state index contributed by atoms with van der Waals surface area (Å²) in [7, 11) is 1.97. The first-order valence-electron chi connectivity index (χ1n) is 6.25. The monoisotopic (exact) mass is 341 g/mol. The van der Waals surface area contributed by atoms with Crippen LogP contribution >= 0.6 is 27.3 Å². The van der Waals surface area contributed by atoms with Gasteiger partial charge in [-0.05, 0) is 43.3 Å². The van der Waals surface area contributed by atoms with E-state index >= 15 is 0 Å². The van der Waals surface area contributed by atoms with Crippen LogP contribution in [0.1, 0.15) is 24.8 Å². The predicted molar refractivity (Wildman–Crippen MR) is 84.1 cm³/mol. The highest BCUT2D eigenvalue weighted by molar-refractivity contribution is 9.10. The van der Waals surface area contributed by atoms with Gasteiger partial charge in [0.15, 0.2) is 0 Å². The maximum absolute atomic E-state index is 13.4. The fraction of sp³-hybridized carbons (Fsp3) is 0.333. The molecule has 0 aliphatic carbocycles. The SMILES string of the molecule is CNC(c1ccc(-c2cc(F)ccc2Br)s1)C(C)C. The minimum Gasteiger partial charge on any atom is -0.312 e. The Morgan fingerprint density at radius 2 is 1.95 bits per heavy atom. The second kappa shape index (κ2) is 6.16. The van der Waals surface area contributed by atoms with Crippen molar-refractivity contribution >= 4 is 27.3 Å². The molecule has 1 atom stereocenters. The van der Waals surface area contributed by atoms with Crippen LogP contribution in [0.5, 0.6) is 0 Å². The molecule has 4 heteroatoms. The van der Waals surface area contributed by atoms with Gasteiger partial charge in [-0.3, -0.25) is 0 Å². The molecular formula is C15H17BrFNS. The number of hydrogen-bond donors (Lipinski definition) is 1. The maximum Gasteiger partial charge on any atom is 0.123 e. The number of thiophene rings is 1. The Hall–Kier alpha value is -0.710. The van der Waals surface area contributed by atoms with Crippen molar-refractivity contribution in [3.8, 4) is 10.4 Å². The van der Waals surface area contributed by atoms with Crippen molar-refractivity contribution < 1.29 is 4.39 Å². The Morgan fingerprint density at radius 3 is 2.58 bits per heavy atom. The summed E-state index contributed by atoms with van der Waals surface area (Å²) in [4.78, 5) is 2.37. The van der Waals surface area contributed by atoms with E-state index in [0.29, 0.717) is 12.0 Å². The zero-order valence-corrected chi connectivity index (χ0v) is 13.6. The van der Waals surface area contributed by atoms with E-state index in [-0.39, 0.29) is 5.82 Å². The van der Waals surface area contributed by atoms with Gasteiger partial charge < -0.3 is 5.32 Å². The molecule has 0 saturated heterocycles. The van der Waals surface area contributed by atoms with E-state index in [1.807, 2.05) is 7.05 Å². The molecule has 1 N–H and O–H groups in total. The summed E-state index contributed by atoms with van der Waals surface area (Å²) in [5.41, 5.74) is 0.912. The van der Waals surface area contributed by atoms with E-state index in [1.54, 1.807) is 23.5 Å². The van der Waals surface area contributed by atoms with Gasteiger partial charge in [-0.25, -0.2) is 4.39 Å². The van der Waals surface area contributed by atoms with E-state index in [0.717, 1.165) is 14.9 Å². The molecule has 1 aromatic heterocycles. The lowest BCUT2D eigenvalue weighted by atomic mass is 10.0. The summed E-state index contributed by atoms with van der Waals surface area (Å²) in [5.74, 6) is 0.314. The van der Waals surface area contributed by atoms with Crippen molar-refractivity contribution in [2.24, 2.45) is 5.92 Å². The van der Waals surface area contributed by atoms with Crippen molar-refractivity contribution in [2.75, 3.05) is 7.05 Å². The summed E-state index contributed by atoms with van der Waals surface area (Å²) in [6.07, 6.45) is 0. The topological polar surface area (TPSA) is 12.0 Å². The third-order valence-corrected chi connectivity index (χ3v) is 5.00. The molecule has 0 bridgehead atoms. The molecule has 0 saturated carbocycles. The molecule has 102 valence electrons. The highest BCUT2D eigenvalue weighted by atomic mass is 79.9. The van der Waals surface area contributed by atoms with Crippen molar-refractivity contribution in [3.63, 3.8) is 0 Å². The smallest absolute Gasteiger partial charge is 0.123 e. The summed E-state index contributed by atoms with van der Waals surface area (Å²) in [6.45, 7) is 4.39. The van der Waals surface area contributed by atoms with Gasteiger partial charge in [0.05, 0.1) is 0 Å². The third kappa shape index (κ3) is 3.25. The Morgan fingerprint density at radius 1 is 1.21 bits per heavy atom. The van der Waals surface area contributed by atoms with Crippen molar-refractivity contribution in [3.05, 3.63) is 45.5 Å². The fourth-order valence-electron chi connectivity index (χ4n) is 2.16. The first-order valence-corrected chi connectivity index (χ1v) is 7.86. The maximum atomic E-state index is 13.4. The largest absolute Gasteiger partial charge is 0.312 e. The lowest BCUT2D eigenvalue weighted by Crippen LogP contribution is -2.20. The van der Waals surface area contributed by atoms with E-state index in [2.05, 4.69) is 47.2 Å². The first kappa shape index (κ1) is 14.7. The normalized spacial score (nSPS) is 12.9. The quantitative estimate of drug-likeness (QED) is 0.802. The van der Waals surface area contributed by atoms with Crippen molar-refractivity contribution in [1.29, 1.82) is 0 Å². The number of rotatable bonds is 4. The Balaban J connectivity index is 2.38. The molecule has 1 nitrogen and oxygen atoms in total. The van der Waals surface area contributed by atoms with Gasteiger partial charge >= 0.3 is 0 Å². The molecular weight excluding hydrogens is 325 g/mol. The van der Waals surface area contributed by atoms with Gasteiger partial charge in [0, 0.05) is 25.8 Å². The van der Waals surface area contributed by atoms with Gasteiger partial charge in [0.1, 0.15) is 5.82 Å². The third-order valence-electron chi connectivity index (χ3n) is 3.10. The minimum absolute atomic E-state index is 0.206. The van der Waals surface area contributed by atoms with Crippen LogP contribution in [-0.2, 0) is 0 Å². The van der Waals surface area contributed by atoms with Crippen LogP contribution in [0.25, 0.3) is 10.4 Å². The summed E-state index contributed by atoms with van der Waals surface area (Å²) < 4.78 is 14.3. The van der Waals surface area contributed by atoms with E-state index < -0.39 is 0 Å². The molecule has 0 fully saturated rings. The highest BCUT2D eigenvalue weighted by Gasteiger charge is 2.17.